The number of halogens is 4. The zero-order valence-electron chi connectivity index (χ0n) is 18.8. The number of piperazine rings is 1. The predicted molar refractivity (Wildman–Crippen MR) is 127 cm³/mol. The molecule has 0 radical (unpaired) electrons. The van der Waals surface area contributed by atoms with Crippen LogP contribution in [0.5, 0.6) is 5.75 Å². The first-order valence-electron chi connectivity index (χ1n) is 11.5. The molecule has 0 aromatic heterocycles. The fourth-order valence-electron chi connectivity index (χ4n) is 5.03. The molecule has 2 saturated heterocycles. The van der Waals surface area contributed by atoms with Crippen LogP contribution in [0.4, 0.5) is 18.9 Å². The van der Waals surface area contributed by atoms with Crippen molar-refractivity contribution < 1.29 is 27.8 Å². The number of hydrogen-bond donors (Lipinski definition) is 1. The van der Waals surface area contributed by atoms with Gasteiger partial charge in [0.05, 0.1) is 6.10 Å². The molecule has 2 atom stereocenters. The van der Waals surface area contributed by atoms with Crippen molar-refractivity contribution in [1.82, 2.24) is 9.80 Å². The Morgan fingerprint density at radius 1 is 1.15 bits per heavy atom. The highest BCUT2D eigenvalue weighted by Gasteiger charge is 2.51. The van der Waals surface area contributed by atoms with Gasteiger partial charge >= 0.3 is 6.36 Å². The number of amides is 1. The van der Waals surface area contributed by atoms with Gasteiger partial charge in [-0.25, -0.2) is 0 Å². The van der Waals surface area contributed by atoms with Gasteiger partial charge in [-0.15, -0.1) is 13.2 Å². The molecule has 0 bridgehead atoms. The summed E-state index contributed by atoms with van der Waals surface area (Å²) in [6.45, 7) is 6.21. The van der Waals surface area contributed by atoms with E-state index in [-0.39, 0.29) is 23.2 Å². The standard InChI is InChI=1S/C23H31F3IN3O3/c1-21(27)20(32)29(11-3-2-10-28-12-9-22(7-8-22)19(31)16-28)13-14-30(21)17-5-4-6-18(15-17)33-23(24,25)26/h4-6,15,19,31H,2-3,7-14,16H2,1H3. The van der Waals surface area contributed by atoms with Crippen LogP contribution in [-0.4, -0.2) is 76.1 Å². The number of β-amino-alcohol motifs (C(OH)–C–C–N with tert-alkyl or cyclic N) is 1. The Bertz CT molecular complexity index is 863. The van der Waals surface area contributed by atoms with E-state index >= 15 is 0 Å². The third kappa shape index (κ3) is 5.70. The Morgan fingerprint density at radius 3 is 2.55 bits per heavy atom. The molecular formula is C23H31F3IN3O3. The summed E-state index contributed by atoms with van der Waals surface area (Å²) in [5.41, 5.74) is 0.741. The van der Waals surface area contributed by atoms with Gasteiger partial charge in [0.25, 0.3) is 5.91 Å². The van der Waals surface area contributed by atoms with E-state index < -0.39 is 9.91 Å². The Hall–Kier alpha value is -1.27. The SMILES string of the molecule is CC1(I)C(=O)N(CCCCN2CCC3(CC3)C(O)C2)CCN1c1cccc(OC(F)(F)F)c1. The van der Waals surface area contributed by atoms with Crippen molar-refractivity contribution in [3.8, 4) is 5.75 Å². The molecule has 1 aromatic rings. The number of aliphatic hydroxyl groups is 1. The molecule has 1 N–H and O–H groups in total. The second-order valence-electron chi connectivity index (χ2n) is 9.58. The van der Waals surface area contributed by atoms with Crippen LogP contribution in [0.25, 0.3) is 0 Å². The lowest BCUT2D eigenvalue weighted by atomic mass is 9.90. The third-order valence-electron chi connectivity index (χ3n) is 7.25. The first kappa shape index (κ1) is 24.8. The zero-order chi connectivity index (χ0) is 23.9. The minimum atomic E-state index is -4.76. The number of benzene rings is 1. The summed E-state index contributed by atoms with van der Waals surface area (Å²) in [7, 11) is 0. The maximum atomic E-state index is 13.2. The van der Waals surface area contributed by atoms with Crippen LogP contribution in [0, 0.1) is 5.41 Å². The van der Waals surface area contributed by atoms with Crippen molar-refractivity contribution in [3.05, 3.63) is 24.3 Å². The second kappa shape index (κ2) is 9.41. The number of nitrogens with zero attached hydrogens (tertiary/aromatic N) is 3. The average Bonchev–Trinajstić information content (AvgIpc) is 3.51. The molecule has 3 aliphatic rings. The van der Waals surface area contributed by atoms with E-state index in [4.69, 9.17) is 0 Å². The number of aliphatic hydroxyl groups excluding tert-OH is 1. The molecule has 1 saturated carbocycles. The van der Waals surface area contributed by atoms with E-state index in [1.807, 2.05) is 9.80 Å². The first-order chi connectivity index (χ1) is 15.5. The van der Waals surface area contributed by atoms with Crippen LogP contribution >= 0.6 is 22.6 Å². The average molecular weight is 581 g/mol. The van der Waals surface area contributed by atoms with Gasteiger partial charge in [0.15, 0.2) is 3.55 Å². The maximum Gasteiger partial charge on any atom is 0.573 e. The largest absolute Gasteiger partial charge is 0.573 e. The molecule has 2 unspecified atom stereocenters. The lowest BCUT2D eigenvalue weighted by Gasteiger charge is -2.46. The lowest BCUT2D eigenvalue weighted by Crippen LogP contribution is -2.61. The van der Waals surface area contributed by atoms with E-state index in [9.17, 15) is 23.1 Å². The molecule has 3 fully saturated rings. The molecule has 1 aliphatic carbocycles. The van der Waals surface area contributed by atoms with Gasteiger partial charge < -0.3 is 24.5 Å². The van der Waals surface area contributed by atoms with E-state index in [1.165, 1.54) is 18.2 Å². The molecule has 2 heterocycles. The van der Waals surface area contributed by atoms with Crippen LogP contribution in [0.15, 0.2) is 24.3 Å². The number of anilines is 1. The zero-order valence-corrected chi connectivity index (χ0v) is 20.9. The number of rotatable bonds is 7. The molecule has 1 spiro atoms. The second-order valence-corrected chi connectivity index (χ2v) is 11.7. The maximum absolute atomic E-state index is 13.2. The van der Waals surface area contributed by atoms with Gasteiger partial charge in [0.1, 0.15) is 5.75 Å². The van der Waals surface area contributed by atoms with Gasteiger partial charge in [-0.1, -0.05) is 6.07 Å². The topological polar surface area (TPSA) is 56.2 Å². The Labute approximate surface area is 206 Å². The molecule has 33 heavy (non-hydrogen) atoms. The van der Waals surface area contributed by atoms with Gasteiger partial charge in [-0.05, 0) is 92.3 Å². The van der Waals surface area contributed by atoms with Crippen molar-refractivity contribution in [2.45, 2.75) is 55.0 Å². The number of unbranched alkanes of at least 4 members (excludes halogenated alkanes) is 1. The fraction of sp³-hybridized carbons (Fsp3) is 0.696. The van der Waals surface area contributed by atoms with Crippen molar-refractivity contribution in [2.75, 3.05) is 44.2 Å². The highest BCUT2D eigenvalue weighted by molar-refractivity contribution is 14.1. The normalized spacial score (nSPS) is 27.8. The van der Waals surface area contributed by atoms with Crippen LogP contribution in [-0.2, 0) is 4.79 Å². The minimum absolute atomic E-state index is 0.0411. The van der Waals surface area contributed by atoms with E-state index in [0.29, 0.717) is 25.3 Å². The Balaban J connectivity index is 1.27. The monoisotopic (exact) mass is 581 g/mol. The Kier molecular flexibility index (Phi) is 7.08. The highest BCUT2D eigenvalue weighted by atomic mass is 127. The minimum Gasteiger partial charge on any atom is -0.406 e. The molecule has 1 aromatic carbocycles. The van der Waals surface area contributed by atoms with Gasteiger partial charge in [-0.2, -0.15) is 0 Å². The summed E-state index contributed by atoms with van der Waals surface area (Å²) in [5, 5.41) is 10.4. The van der Waals surface area contributed by atoms with Crippen molar-refractivity contribution in [2.24, 2.45) is 5.41 Å². The van der Waals surface area contributed by atoms with E-state index in [1.54, 1.807) is 13.0 Å². The number of carbonyl (C=O) groups excluding carboxylic acids is 1. The summed E-state index contributed by atoms with van der Waals surface area (Å²) < 4.78 is 40.9. The number of alkyl halides is 4. The predicted octanol–water partition coefficient (Wildman–Crippen LogP) is 4.01. The summed E-state index contributed by atoms with van der Waals surface area (Å²) in [6, 6.07) is 5.78. The molecule has 2 aliphatic heterocycles. The summed E-state index contributed by atoms with van der Waals surface area (Å²) in [4.78, 5) is 19.2. The molecule has 4 rings (SSSR count). The molecule has 184 valence electrons. The van der Waals surface area contributed by atoms with Crippen LogP contribution in [0.2, 0.25) is 0 Å². The third-order valence-corrected chi connectivity index (χ3v) is 8.29. The summed E-state index contributed by atoms with van der Waals surface area (Å²) >= 11 is 2.08. The molecular weight excluding hydrogens is 550 g/mol. The number of ether oxygens (including phenoxy) is 1. The van der Waals surface area contributed by atoms with E-state index in [0.717, 1.165) is 51.7 Å². The molecule has 1 amide bonds. The fourth-order valence-corrected chi connectivity index (χ4v) is 5.89. The Morgan fingerprint density at radius 2 is 1.88 bits per heavy atom. The van der Waals surface area contributed by atoms with E-state index in [2.05, 4.69) is 32.2 Å². The quantitative estimate of drug-likeness (QED) is 0.228. The van der Waals surface area contributed by atoms with Crippen molar-refractivity contribution in [3.63, 3.8) is 0 Å². The summed E-state index contributed by atoms with van der Waals surface area (Å²) in [5.74, 6) is -0.335. The van der Waals surface area contributed by atoms with Gasteiger partial charge in [0.2, 0.25) is 0 Å². The van der Waals surface area contributed by atoms with Crippen LogP contribution in [0.1, 0.15) is 39.0 Å². The van der Waals surface area contributed by atoms with Crippen LogP contribution < -0.4 is 9.64 Å². The number of hydrogen-bond acceptors (Lipinski definition) is 5. The summed E-state index contributed by atoms with van der Waals surface area (Å²) in [6.07, 6.45) is 0.271. The van der Waals surface area contributed by atoms with Crippen molar-refractivity contribution in [1.29, 1.82) is 0 Å². The highest BCUT2D eigenvalue weighted by Crippen LogP contribution is 2.53. The van der Waals surface area contributed by atoms with Crippen LogP contribution in [0.3, 0.4) is 0 Å². The number of likely N-dealkylation sites (tertiary alicyclic amines) is 1. The van der Waals surface area contributed by atoms with Gasteiger partial charge in [0, 0.05) is 37.9 Å². The lowest BCUT2D eigenvalue weighted by molar-refractivity contribution is -0.274. The smallest absolute Gasteiger partial charge is 0.406 e. The van der Waals surface area contributed by atoms with Crippen molar-refractivity contribution >= 4 is 34.2 Å². The first-order valence-corrected chi connectivity index (χ1v) is 12.6. The number of piperidine rings is 1. The van der Waals surface area contributed by atoms with Gasteiger partial charge in [-0.3, -0.25) is 4.79 Å². The molecule has 10 heteroatoms. The molecule has 6 nitrogen and oxygen atoms in total. The number of carbonyl (C=O) groups is 1.